The van der Waals surface area contributed by atoms with Gasteiger partial charge in [0, 0.05) is 6.42 Å². The van der Waals surface area contributed by atoms with Crippen LogP contribution < -0.4 is 5.32 Å². The molecule has 0 aromatic carbocycles. The molecule has 3 N–H and O–H groups in total. The number of hydrogen-bond acceptors (Lipinski definition) is 3. The highest BCUT2D eigenvalue weighted by Crippen LogP contribution is 2.14. The number of carbonyl (C=O) groups is 1. The van der Waals surface area contributed by atoms with Gasteiger partial charge in [0.15, 0.2) is 0 Å². The molecule has 0 aromatic rings. The third kappa shape index (κ3) is 28.5. The van der Waals surface area contributed by atoms with E-state index < -0.39 is 12.1 Å². The number of nitrogens with one attached hydrogen (secondary N) is 1. The molecule has 0 aliphatic heterocycles. The summed E-state index contributed by atoms with van der Waals surface area (Å²) in [6.07, 6.45) is 37.1. The molecule has 1 amide bonds. The molecule has 0 saturated heterocycles. The first kappa shape index (κ1) is 38.1. The van der Waals surface area contributed by atoms with E-state index in [1.807, 2.05) is 6.08 Å². The Morgan fingerprint density at radius 3 is 1.33 bits per heavy atom. The predicted molar refractivity (Wildman–Crippen MR) is 170 cm³/mol. The van der Waals surface area contributed by atoms with E-state index in [2.05, 4.69) is 19.2 Å². The van der Waals surface area contributed by atoms with Crippen LogP contribution in [-0.2, 0) is 4.79 Å². The van der Waals surface area contributed by atoms with Crippen molar-refractivity contribution in [2.75, 3.05) is 6.61 Å². The van der Waals surface area contributed by atoms with Gasteiger partial charge in [-0.05, 0) is 19.3 Å². The minimum absolute atomic E-state index is 0.0641. The second-order valence-corrected chi connectivity index (χ2v) is 11.9. The fraction of sp³-hybridized carbons (Fsp3) is 0.914. The quantitative estimate of drug-likeness (QED) is 0.0593. The van der Waals surface area contributed by atoms with Crippen LogP contribution >= 0.6 is 0 Å². The van der Waals surface area contributed by atoms with Crippen LogP contribution in [0.2, 0.25) is 0 Å². The van der Waals surface area contributed by atoms with Crippen molar-refractivity contribution in [3.05, 3.63) is 12.2 Å². The first-order valence-electron chi connectivity index (χ1n) is 17.4. The van der Waals surface area contributed by atoms with E-state index in [1.165, 1.54) is 141 Å². The molecule has 0 radical (unpaired) electrons. The Bertz CT molecular complexity index is 522. The molecule has 0 spiro atoms. The number of hydrogen-bond donors (Lipinski definition) is 3. The van der Waals surface area contributed by atoms with Crippen molar-refractivity contribution in [2.45, 2.75) is 199 Å². The molecule has 0 aliphatic carbocycles. The third-order valence-electron chi connectivity index (χ3n) is 8.02. The second kappa shape index (κ2) is 31.7. The van der Waals surface area contributed by atoms with E-state index in [1.54, 1.807) is 6.08 Å². The van der Waals surface area contributed by atoms with Gasteiger partial charge in [-0.25, -0.2) is 0 Å². The summed E-state index contributed by atoms with van der Waals surface area (Å²) < 4.78 is 0. The zero-order chi connectivity index (χ0) is 28.7. The summed E-state index contributed by atoms with van der Waals surface area (Å²) in [6, 6.07) is -0.613. The molecule has 0 saturated carbocycles. The van der Waals surface area contributed by atoms with Gasteiger partial charge in [0.1, 0.15) is 0 Å². The molecule has 0 bridgehead atoms. The fourth-order valence-corrected chi connectivity index (χ4v) is 5.29. The molecule has 0 heterocycles. The third-order valence-corrected chi connectivity index (χ3v) is 8.02. The van der Waals surface area contributed by atoms with Gasteiger partial charge in [-0.15, -0.1) is 0 Å². The van der Waals surface area contributed by atoms with E-state index in [0.717, 1.165) is 25.7 Å². The number of carbonyl (C=O) groups excluding carboxylic acids is 1. The Labute approximate surface area is 244 Å². The fourth-order valence-electron chi connectivity index (χ4n) is 5.29. The maximum atomic E-state index is 12.3. The molecule has 4 nitrogen and oxygen atoms in total. The molecule has 0 unspecified atom stereocenters. The van der Waals surface area contributed by atoms with Gasteiger partial charge < -0.3 is 15.5 Å². The topological polar surface area (TPSA) is 69.6 Å². The van der Waals surface area contributed by atoms with Crippen molar-refractivity contribution in [1.29, 1.82) is 0 Å². The molecule has 0 aromatic heterocycles. The van der Waals surface area contributed by atoms with Crippen molar-refractivity contribution in [2.24, 2.45) is 0 Å². The van der Waals surface area contributed by atoms with E-state index >= 15 is 0 Å². The van der Waals surface area contributed by atoms with Crippen LogP contribution in [0.25, 0.3) is 0 Å². The summed E-state index contributed by atoms with van der Waals surface area (Å²) in [5.74, 6) is -0.0641. The highest BCUT2D eigenvalue weighted by molar-refractivity contribution is 5.76. The summed E-state index contributed by atoms with van der Waals surface area (Å²) in [4.78, 5) is 12.3. The average Bonchev–Trinajstić information content (AvgIpc) is 2.94. The lowest BCUT2D eigenvalue weighted by atomic mass is 10.0. The molecule has 4 heteroatoms. The summed E-state index contributed by atoms with van der Waals surface area (Å²) >= 11 is 0. The summed E-state index contributed by atoms with van der Waals surface area (Å²) in [7, 11) is 0. The lowest BCUT2D eigenvalue weighted by Gasteiger charge is -2.20. The maximum Gasteiger partial charge on any atom is 0.220 e. The number of amides is 1. The van der Waals surface area contributed by atoms with Crippen LogP contribution in [0.1, 0.15) is 187 Å². The van der Waals surface area contributed by atoms with Gasteiger partial charge >= 0.3 is 0 Å². The van der Waals surface area contributed by atoms with Crippen LogP contribution in [0.5, 0.6) is 0 Å². The van der Waals surface area contributed by atoms with Gasteiger partial charge in [0.2, 0.25) is 5.91 Å². The number of aliphatic hydroxyl groups excluding tert-OH is 2. The van der Waals surface area contributed by atoms with Gasteiger partial charge in [-0.2, -0.15) is 0 Å². The highest BCUT2D eigenvalue weighted by atomic mass is 16.3. The summed E-state index contributed by atoms with van der Waals surface area (Å²) in [5, 5.41) is 22.8. The number of unbranched alkanes of at least 4 members (excludes halogenated alkanes) is 24. The Hall–Kier alpha value is -0.870. The molecule has 0 fully saturated rings. The SMILES string of the molecule is CCCCCCCCCCCCC/C=C/[C@@H](O)[C@H](CO)NC(=O)CCCCCCCCCCCCCCCC. The van der Waals surface area contributed by atoms with E-state index in [9.17, 15) is 15.0 Å². The summed E-state index contributed by atoms with van der Waals surface area (Å²) in [6.45, 7) is 4.29. The zero-order valence-electron chi connectivity index (χ0n) is 26.4. The van der Waals surface area contributed by atoms with Gasteiger partial charge in [0.25, 0.3) is 0 Å². The van der Waals surface area contributed by atoms with Crippen LogP contribution in [0, 0.1) is 0 Å². The highest BCUT2D eigenvalue weighted by Gasteiger charge is 2.17. The van der Waals surface area contributed by atoms with Gasteiger partial charge in [-0.3, -0.25) is 4.79 Å². The second-order valence-electron chi connectivity index (χ2n) is 11.9. The molecule has 2 atom stereocenters. The zero-order valence-corrected chi connectivity index (χ0v) is 26.4. The Kier molecular flexibility index (Phi) is 30.9. The van der Waals surface area contributed by atoms with E-state index in [0.29, 0.717) is 6.42 Å². The molecule has 232 valence electrons. The van der Waals surface area contributed by atoms with Crippen molar-refractivity contribution < 1.29 is 15.0 Å². The normalized spacial score (nSPS) is 13.2. The maximum absolute atomic E-state index is 12.3. The molecule has 0 rings (SSSR count). The van der Waals surface area contributed by atoms with E-state index in [4.69, 9.17) is 0 Å². The monoisotopic (exact) mass is 552 g/mol. The van der Waals surface area contributed by atoms with E-state index in [-0.39, 0.29) is 12.5 Å². The molecule has 39 heavy (non-hydrogen) atoms. The van der Waals surface area contributed by atoms with Crippen molar-refractivity contribution in [3.8, 4) is 0 Å². The first-order chi connectivity index (χ1) is 19.2. The minimum atomic E-state index is -0.831. The standard InChI is InChI=1S/C35H69NO3/c1-3-5-7-9-11-13-15-17-19-21-23-25-27-29-31-35(39)36-33(32-37)34(38)30-28-26-24-22-20-18-16-14-12-10-8-6-4-2/h28,30,33-34,37-38H,3-27,29,31-32H2,1-2H3,(H,36,39)/b30-28+/t33-,34+/m0/s1. The average molecular weight is 552 g/mol. The number of aliphatic hydroxyl groups is 2. The Morgan fingerprint density at radius 2 is 0.949 bits per heavy atom. The number of allylic oxidation sites excluding steroid dienone is 1. The molecule has 0 aliphatic rings. The van der Waals surface area contributed by atoms with Crippen molar-refractivity contribution >= 4 is 5.91 Å². The van der Waals surface area contributed by atoms with Gasteiger partial charge in [0.05, 0.1) is 18.8 Å². The van der Waals surface area contributed by atoms with Crippen LogP contribution in [-0.4, -0.2) is 34.9 Å². The largest absolute Gasteiger partial charge is 0.394 e. The Balaban J connectivity index is 3.62. The summed E-state index contributed by atoms with van der Waals surface area (Å²) in [5.41, 5.74) is 0. The lowest BCUT2D eigenvalue weighted by Crippen LogP contribution is -2.45. The minimum Gasteiger partial charge on any atom is -0.394 e. The molecular formula is C35H69NO3. The van der Waals surface area contributed by atoms with Gasteiger partial charge in [-0.1, -0.05) is 174 Å². The number of rotatable bonds is 31. The van der Waals surface area contributed by atoms with Crippen LogP contribution in [0.3, 0.4) is 0 Å². The predicted octanol–water partition coefficient (Wildman–Crippen LogP) is 9.95. The smallest absolute Gasteiger partial charge is 0.220 e. The van der Waals surface area contributed by atoms with Crippen molar-refractivity contribution in [1.82, 2.24) is 5.32 Å². The van der Waals surface area contributed by atoms with Crippen molar-refractivity contribution in [3.63, 3.8) is 0 Å². The lowest BCUT2D eigenvalue weighted by molar-refractivity contribution is -0.123. The van der Waals surface area contributed by atoms with Crippen LogP contribution in [0.4, 0.5) is 0 Å². The molecular weight excluding hydrogens is 482 g/mol. The first-order valence-corrected chi connectivity index (χ1v) is 17.4. The van der Waals surface area contributed by atoms with Crippen LogP contribution in [0.15, 0.2) is 12.2 Å². The Morgan fingerprint density at radius 1 is 0.590 bits per heavy atom.